The quantitative estimate of drug-likeness (QED) is 0.322. The average Bonchev–Trinajstić information content (AvgIpc) is 0.722. The van der Waals surface area contributed by atoms with E-state index in [-0.39, 0.29) is 53.5 Å². The summed E-state index contributed by atoms with van der Waals surface area (Å²) in [7, 11) is -4.33. The van der Waals surface area contributed by atoms with Crippen molar-refractivity contribution in [2.24, 2.45) is 0 Å². The van der Waals surface area contributed by atoms with Crippen LogP contribution in [0.5, 0.6) is 0 Å². The summed E-state index contributed by atoms with van der Waals surface area (Å²) in [4.78, 5) is 0. The Morgan fingerprint density at radius 2 is 1.43 bits per heavy atom. The Hall–Kier alpha value is 2.02. The molecule has 0 N–H and O–H groups in total. The van der Waals surface area contributed by atoms with Gasteiger partial charge >= 0.3 is 29.6 Å². The van der Waals surface area contributed by atoms with Crippen LogP contribution in [0.25, 0.3) is 0 Å². The molecule has 0 aromatic carbocycles. The summed E-state index contributed by atoms with van der Waals surface area (Å²) in [5.41, 5.74) is 0. The molecule has 0 atom stereocenters. The molecule has 0 radical (unpaired) electrons. The topological polar surface area (TPSA) is 63.2 Å². The van der Waals surface area contributed by atoms with Crippen molar-refractivity contribution in [2.75, 3.05) is 0 Å². The van der Waals surface area contributed by atoms with Crippen LogP contribution in [0, 0.1) is 0 Å². The Balaban J connectivity index is -0.0000000800. The van der Waals surface area contributed by atoms with Gasteiger partial charge in [-0.2, -0.15) is 0 Å². The van der Waals surface area contributed by atoms with Crippen LogP contribution in [0.2, 0.25) is 0 Å². The molecule has 0 amide bonds. The summed E-state index contributed by atoms with van der Waals surface area (Å²) >= 11 is 3.24. The molecule has 40 valence electrons. The molecule has 0 aliphatic heterocycles. The Morgan fingerprint density at radius 1 is 1.43 bits per heavy atom. The van der Waals surface area contributed by atoms with Crippen molar-refractivity contribution in [3.05, 3.63) is 0 Å². The van der Waals surface area contributed by atoms with Crippen molar-refractivity contribution in [3.63, 3.8) is 0 Å². The summed E-state index contributed by atoms with van der Waals surface area (Å²) in [5, 5.41) is 0. The van der Waals surface area contributed by atoms with E-state index in [1.807, 2.05) is 0 Å². The van der Waals surface area contributed by atoms with Crippen molar-refractivity contribution in [2.45, 2.75) is 0 Å². The summed E-state index contributed by atoms with van der Waals surface area (Å²) in [6.07, 6.45) is 0. The van der Waals surface area contributed by atoms with Gasteiger partial charge in [-0.3, -0.25) is 4.21 Å². The minimum absolute atomic E-state index is 0. The van der Waals surface area contributed by atoms with Gasteiger partial charge in [-0.1, -0.05) is 0 Å². The molecule has 7 heavy (non-hydrogen) atoms. The molecule has 7 heteroatoms. The molecule has 0 saturated carbocycles. The van der Waals surface area contributed by atoms with Crippen LogP contribution in [0.4, 0.5) is 0 Å². The fourth-order valence-corrected chi connectivity index (χ4v) is 0. The van der Waals surface area contributed by atoms with Crippen molar-refractivity contribution < 1.29 is 66.8 Å². The van der Waals surface area contributed by atoms with E-state index in [1.165, 1.54) is 0 Å². The van der Waals surface area contributed by atoms with Crippen LogP contribution in [-0.4, -0.2) is 13.3 Å². The van der Waals surface area contributed by atoms with Crippen molar-refractivity contribution in [1.82, 2.24) is 0 Å². The molecule has 0 aromatic heterocycles. The molecule has 0 unspecified atom stereocenters. The number of hydrogen-bond acceptors (Lipinski definition) is 4. The average molecular weight is 264 g/mol. The molecule has 0 aromatic rings. The molecule has 0 spiro atoms. The van der Waals surface area contributed by atoms with Crippen molar-refractivity contribution in [1.29, 1.82) is 0 Å². The first-order valence-electron chi connectivity index (χ1n) is 0.667. The van der Waals surface area contributed by atoms with Crippen LogP contribution in [0.15, 0.2) is 0 Å². The van der Waals surface area contributed by atoms with Gasteiger partial charge in [0.15, 0.2) is 0 Å². The van der Waals surface area contributed by atoms with Gasteiger partial charge in [0.25, 0.3) is 0 Å². The van der Waals surface area contributed by atoms with Gasteiger partial charge in [-0.05, 0) is 11.2 Å². The third kappa shape index (κ3) is 71.2. The van der Waals surface area contributed by atoms with Gasteiger partial charge in [0.2, 0.25) is 24.0 Å². The Bertz CT molecular complexity index is 96.1. The third-order valence-corrected chi connectivity index (χ3v) is 0. The zero-order valence-corrected chi connectivity index (χ0v) is 9.67. The van der Waals surface area contributed by atoms with Gasteiger partial charge in [0.1, 0.15) is 0 Å². The van der Waals surface area contributed by atoms with Crippen LogP contribution in [0.3, 0.4) is 0 Å². The maximum atomic E-state index is 8.89. The molecule has 0 bridgehead atoms. The van der Waals surface area contributed by atoms with E-state index in [0.717, 1.165) is 0 Å². The molecular formula is H2INaO3S2. The number of halogens is 1. The smallest absolute Gasteiger partial charge is 0.780 e. The second-order valence-corrected chi connectivity index (χ2v) is 2.45. The van der Waals surface area contributed by atoms with E-state index in [2.05, 4.69) is 11.2 Å². The van der Waals surface area contributed by atoms with Crippen LogP contribution < -0.4 is 53.5 Å². The molecule has 0 heterocycles. The molecule has 0 fully saturated rings. The Labute approximate surface area is 85.9 Å². The summed E-state index contributed by atoms with van der Waals surface area (Å²) in [6, 6.07) is 0. The SMILES string of the molecule is O=S([O-])([O-])=S.[IH2+].[Na+]. The fourth-order valence-electron chi connectivity index (χ4n) is 0. The minimum Gasteiger partial charge on any atom is -0.780 e. The zero-order chi connectivity index (χ0) is 4.50. The standard InChI is InChI=1S/H2I.Na.H2O3S2/c;;1-5(2,3)4/h1H2;;(H2,1,2,3,4)/q2*+1;/p-2. The molecule has 0 aliphatic carbocycles. The summed E-state index contributed by atoms with van der Waals surface area (Å²) in [6.45, 7) is 0. The first-order valence-corrected chi connectivity index (χ1v) is 3.00. The van der Waals surface area contributed by atoms with Crippen LogP contribution >= 0.6 is 0 Å². The van der Waals surface area contributed by atoms with Gasteiger partial charge in [-0.25, -0.2) is 0 Å². The molecule has 3 nitrogen and oxygen atoms in total. The molecule has 0 saturated heterocycles. The maximum Gasteiger partial charge on any atom is 1.00 e. The Morgan fingerprint density at radius 3 is 1.43 bits per heavy atom. The molecule has 0 aliphatic rings. The molecular weight excluding hydrogens is 262 g/mol. The van der Waals surface area contributed by atoms with Gasteiger partial charge < -0.3 is 9.11 Å². The normalized spacial score (nSPS) is 8.29. The largest absolute Gasteiger partial charge is 1.00 e. The monoisotopic (exact) mass is 264 g/mol. The second kappa shape index (κ2) is 6.14. The van der Waals surface area contributed by atoms with Crippen molar-refractivity contribution >= 4 is 20.2 Å². The van der Waals surface area contributed by atoms with Crippen LogP contribution in [0.1, 0.15) is 0 Å². The van der Waals surface area contributed by atoms with E-state index >= 15 is 0 Å². The fraction of sp³-hybridized carbons (Fsp3) is 0. The van der Waals surface area contributed by atoms with E-state index in [0.29, 0.717) is 0 Å². The molecule has 0 rings (SSSR count). The van der Waals surface area contributed by atoms with E-state index in [4.69, 9.17) is 13.3 Å². The minimum atomic E-state index is -4.33. The summed E-state index contributed by atoms with van der Waals surface area (Å²) < 4.78 is 26.7. The van der Waals surface area contributed by atoms with Gasteiger partial charge in [0, 0.05) is 0 Å². The second-order valence-electron chi connectivity index (χ2n) is 0.408. The van der Waals surface area contributed by atoms with E-state index in [1.54, 1.807) is 0 Å². The van der Waals surface area contributed by atoms with Crippen LogP contribution in [-0.2, 0) is 20.2 Å². The van der Waals surface area contributed by atoms with Crippen molar-refractivity contribution in [3.8, 4) is 0 Å². The third-order valence-electron chi connectivity index (χ3n) is 0. The van der Waals surface area contributed by atoms with E-state index < -0.39 is 9.05 Å². The van der Waals surface area contributed by atoms with Gasteiger partial charge in [-0.15, -0.1) is 9.05 Å². The zero-order valence-electron chi connectivity index (χ0n) is 3.49. The number of rotatable bonds is 0. The van der Waals surface area contributed by atoms with E-state index in [9.17, 15) is 0 Å². The Kier molecular flexibility index (Phi) is 14.1. The number of hydrogen-bond donors (Lipinski definition) is 0. The summed E-state index contributed by atoms with van der Waals surface area (Å²) in [5.74, 6) is 0. The first-order chi connectivity index (χ1) is 2.00. The maximum absolute atomic E-state index is 8.89. The predicted molar refractivity (Wildman–Crippen MR) is 19.9 cm³/mol. The first kappa shape index (κ1) is 16.0. The predicted octanol–water partition coefficient (Wildman–Crippen LogP) is -7.53. The van der Waals surface area contributed by atoms with Gasteiger partial charge in [0.05, 0.1) is 0 Å².